The topological polar surface area (TPSA) is 87.2 Å². The van der Waals surface area contributed by atoms with Crippen LogP contribution in [0.4, 0.5) is 0 Å². The van der Waals surface area contributed by atoms with Gasteiger partial charge in [0, 0.05) is 43.3 Å². The van der Waals surface area contributed by atoms with E-state index in [9.17, 15) is 18.3 Å². The van der Waals surface area contributed by atoms with Gasteiger partial charge in [-0.2, -0.15) is 4.31 Å². The number of hydrogen-bond acceptors (Lipinski definition) is 5. The summed E-state index contributed by atoms with van der Waals surface area (Å²) in [6, 6.07) is 20.0. The maximum Gasteiger partial charge on any atom is 0.307 e. The molecule has 3 aromatic rings. The van der Waals surface area contributed by atoms with Crippen molar-refractivity contribution in [2.75, 3.05) is 26.2 Å². The van der Waals surface area contributed by atoms with Crippen molar-refractivity contribution in [3.63, 3.8) is 0 Å². The molecular weight excluding hydrogens is 536 g/mol. The third kappa shape index (κ3) is 7.60. The van der Waals surface area contributed by atoms with Gasteiger partial charge >= 0.3 is 5.97 Å². The second kappa shape index (κ2) is 12.1. The quantitative estimate of drug-likeness (QED) is 0.373. The van der Waals surface area contributed by atoms with Crippen LogP contribution >= 0.6 is 11.6 Å². The van der Waals surface area contributed by atoms with Crippen LogP contribution < -0.4 is 4.74 Å². The van der Waals surface area contributed by atoms with Gasteiger partial charge in [-0.05, 0) is 52.4 Å². The van der Waals surface area contributed by atoms with Crippen molar-refractivity contribution in [1.29, 1.82) is 0 Å². The Labute approximate surface area is 236 Å². The molecule has 3 aromatic carbocycles. The molecule has 9 heteroatoms. The highest BCUT2D eigenvalue weighted by Crippen LogP contribution is 2.27. The van der Waals surface area contributed by atoms with Crippen LogP contribution in [-0.2, 0) is 39.8 Å². The number of carboxylic acid groups (broad SMARTS) is 1. The Bertz CT molecular complexity index is 1390. The molecule has 39 heavy (non-hydrogen) atoms. The molecule has 208 valence electrons. The molecule has 4 rings (SSSR count). The molecule has 0 atom stereocenters. The highest BCUT2D eigenvalue weighted by atomic mass is 35.5. The van der Waals surface area contributed by atoms with Gasteiger partial charge in [0.25, 0.3) is 0 Å². The lowest BCUT2D eigenvalue weighted by molar-refractivity contribution is -0.136. The number of benzene rings is 3. The summed E-state index contributed by atoms with van der Waals surface area (Å²) in [5.74, 6) is -0.224. The molecule has 0 aliphatic carbocycles. The van der Waals surface area contributed by atoms with Gasteiger partial charge in [0.15, 0.2) is 0 Å². The summed E-state index contributed by atoms with van der Waals surface area (Å²) >= 11 is 5.98. The summed E-state index contributed by atoms with van der Waals surface area (Å²) in [6.45, 7) is 9.03. The average molecular weight is 571 g/mol. The lowest BCUT2D eigenvalue weighted by atomic mass is 9.87. The highest BCUT2D eigenvalue weighted by Gasteiger charge is 2.29. The number of carbonyl (C=O) groups is 1. The third-order valence-corrected chi connectivity index (χ3v) is 9.04. The lowest BCUT2D eigenvalue weighted by Crippen LogP contribution is -2.48. The molecule has 7 nitrogen and oxygen atoms in total. The first-order chi connectivity index (χ1) is 18.4. The Morgan fingerprint density at radius 3 is 2.13 bits per heavy atom. The SMILES string of the molecule is CC(C)(C)c1ccc(S(=O)(=O)N2CCN(Cc3cc(CC(=O)O)ccc3OCc3ccc(Cl)cc3)CC2)cc1. The minimum absolute atomic E-state index is 0.0485. The van der Waals surface area contributed by atoms with Gasteiger partial charge in [-0.1, -0.05) is 68.8 Å². The molecule has 1 aliphatic rings. The fourth-order valence-corrected chi connectivity index (χ4v) is 6.12. The van der Waals surface area contributed by atoms with E-state index in [-0.39, 0.29) is 11.8 Å². The van der Waals surface area contributed by atoms with Gasteiger partial charge in [-0.15, -0.1) is 0 Å². The number of piperazine rings is 1. The van der Waals surface area contributed by atoms with Crippen LogP contribution in [0, 0.1) is 0 Å². The number of rotatable bonds is 9. The van der Waals surface area contributed by atoms with Gasteiger partial charge < -0.3 is 9.84 Å². The molecule has 0 bridgehead atoms. The lowest BCUT2D eigenvalue weighted by Gasteiger charge is -2.34. The van der Waals surface area contributed by atoms with E-state index in [0.717, 1.165) is 16.7 Å². The minimum atomic E-state index is -3.58. The fourth-order valence-electron chi connectivity index (χ4n) is 4.57. The van der Waals surface area contributed by atoms with Gasteiger partial charge in [-0.3, -0.25) is 9.69 Å². The summed E-state index contributed by atoms with van der Waals surface area (Å²) in [6.07, 6.45) is -0.0789. The average Bonchev–Trinajstić information content (AvgIpc) is 2.89. The molecule has 0 radical (unpaired) electrons. The predicted octanol–water partition coefficient (Wildman–Crippen LogP) is 5.35. The van der Waals surface area contributed by atoms with Crippen molar-refractivity contribution in [2.24, 2.45) is 0 Å². The Balaban J connectivity index is 1.43. The Morgan fingerprint density at radius 2 is 1.54 bits per heavy atom. The van der Waals surface area contributed by atoms with E-state index in [1.165, 1.54) is 4.31 Å². The van der Waals surface area contributed by atoms with Crippen molar-refractivity contribution in [1.82, 2.24) is 9.21 Å². The summed E-state index contributed by atoms with van der Waals surface area (Å²) in [7, 11) is -3.58. The van der Waals surface area contributed by atoms with Crippen molar-refractivity contribution in [3.05, 3.63) is 94.0 Å². The first-order valence-corrected chi connectivity index (χ1v) is 14.8. The summed E-state index contributed by atoms with van der Waals surface area (Å²) in [5, 5.41) is 9.92. The zero-order valence-corrected chi connectivity index (χ0v) is 24.1. The molecule has 0 aromatic heterocycles. The van der Waals surface area contributed by atoms with Crippen LogP contribution in [0.1, 0.15) is 43.0 Å². The maximum absolute atomic E-state index is 13.3. The van der Waals surface area contributed by atoms with Crippen molar-refractivity contribution in [2.45, 2.75) is 50.7 Å². The molecule has 0 spiro atoms. The van der Waals surface area contributed by atoms with Crippen molar-refractivity contribution < 1.29 is 23.1 Å². The van der Waals surface area contributed by atoms with Gasteiger partial charge in [0.05, 0.1) is 11.3 Å². The maximum atomic E-state index is 13.3. The molecule has 0 amide bonds. The number of carboxylic acids is 1. The van der Waals surface area contributed by atoms with Crippen LogP contribution in [0.5, 0.6) is 5.75 Å². The standard InChI is InChI=1S/C30H35ClN2O5S/c1-30(2,3)25-7-11-27(12-8-25)39(36,37)33-16-14-32(15-17-33)20-24-18-23(19-29(34)35)6-13-28(24)38-21-22-4-9-26(31)10-5-22/h4-13,18H,14-17,19-21H2,1-3H3,(H,34,35). The third-order valence-electron chi connectivity index (χ3n) is 6.87. The monoisotopic (exact) mass is 570 g/mol. The summed E-state index contributed by atoms with van der Waals surface area (Å²) in [4.78, 5) is 13.8. The molecule has 1 aliphatic heterocycles. The Kier molecular flexibility index (Phi) is 9.01. The molecule has 1 saturated heterocycles. The zero-order valence-electron chi connectivity index (χ0n) is 22.6. The number of ether oxygens (including phenoxy) is 1. The first-order valence-electron chi connectivity index (χ1n) is 13.0. The van der Waals surface area contributed by atoms with E-state index < -0.39 is 16.0 Å². The molecular formula is C30H35ClN2O5S. The van der Waals surface area contributed by atoms with Gasteiger partial charge in [0.1, 0.15) is 12.4 Å². The zero-order chi connectivity index (χ0) is 28.2. The Morgan fingerprint density at radius 1 is 0.923 bits per heavy atom. The van der Waals surface area contributed by atoms with Crippen LogP contribution in [0.3, 0.4) is 0 Å². The second-order valence-corrected chi connectivity index (χ2v) is 13.3. The van der Waals surface area contributed by atoms with E-state index in [1.807, 2.05) is 48.5 Å². The molecule has 0 unspecified atom stereocenters. The van der Waals surface area contributed by atoms with E-state index in [0.29, 0.717) is 60.6 Å². The molecule has 1 fully saturated rings. The van der Waals surface area contributed by atoms with E-state index in [2.05, 4.69) is 25.7 Å². The smallest absolute Gasteiger partial charge is 0.307 e. The normalized spacial score (nSPS) is 15.3. The highest BCUT2D eigenvalue weighted by molar-refractivity contribution is 7.89. The van der Waals surface area contributed by atoms with Gasteiger partial charge in [-0.25, -0.2) is 8.42 Å². The van der Waals surface area contributed by atoms with Gasteiger partial charge in [0.2, 0.25) is 10.0 Å². The van der Waals surface area contributed by atoms with Crippen LogP contribution in [0.15, 0.2) is 71.6 Å². The number of sulfonamides is 1. The summed E-state index contributed by atoms with van der Waals surface area (Å²) < 4.78 is 34.2. The number of aliphatic carboxylic acids is 1. The molecule has 1 heterocycles. The first kappa shape index (κ1) is 29.1. The van der Waals surface area contributed by atoms with E-state index >= 15 is 0 Å². The molecule has 1 N–H and O–H groups in total. The van der Waals surface area contributed by atoms with E-state index in [1.54, 1.807) is 18.2 Å². The number of halogens is 1. The largest absolute Gasteiger partial charge is 0.489 e. The number of hydrogen-bond donors (Lipinski definition) is 1. The van der Waals surface area contributed by atoms with Crippen LogP contribution in [0.25, 0.3) is 0 Å². The van der Waals surface area contributed by atoms with Crippen molar-refractivity contribution in [3.8, 4) is 5.75 Å². The Hall–Kier alpha value is -2.91. The van der Waals surface area contributed by atoms with E-state index in [4.69, 9.17) is 16.3 Å². The second-order valence-electron chi connectivity index (χ2n) is 10.9. The minimum Gasteiger partial charge on any atom is -0.489 e. The molecule has 0 saturated carbocycles. The number of nitrogens with zero attached hydrogens (tertiary/aromatic N) is 2. The summed E-state index contributed by atoms with van der Waals surface area (Å²) in [5.41, 5.74) is 3.57. The van der Waals surface area contributed by atoms with Crippen LogP contribution in [-0.4, -0.2) is 54.9 Å². The van der Waals surface area contributed by atoms with Crippen molar-refractivity contribution >= 4 is 27.6 Å². The fraction of sp³-hybridized carbons (Fsp3) is 0.367. The predicted molar refractivity (Wildman–Crippen MR) is 153 cm³/mol. The van der Waals surface area contributed by atoms with Crippen LogP contribution in [0.2, 0.25) is 5.02 Å².